The molecule has 0 rings (SSSR count). The van der Waals surface area contributed by atoms with E-state index >= 15 is 0 Å². The van der Waals surface area contributed by atoms with Gasteiger partial charge in [0.15, 0.2) is 0 Å². The highest BCUT2D eigenvalue weighted by molar-refractivity contribution is 5.88. The van der Waals surface area contributed by atoms with Gasteiger partial charge in [-0.15, -0.1) is 0 Å². The van der Waals surface area contributed by atoms with E-state index in [1.54, 1.807) is 6.08 Å². The Kier molecular flexibility index (Phi) is 10.2. The molecular formula is C17H31NO. The van der Waals surface area contributed by atoms with Crippen molar-refractivity contribution in [3.8, 4) is 0 Å². The average molecular weight is 265 g/mol. The number of carbonyl (C=O) groups excluding carboxylic acids is 1. The molecule has 0 saturated heterocycles. The van der Waals surface area contributed by atoms with E-state index in [0.29, 0.717) is 6.54 Å². The van der Waals surface area contributed by atoms with Gasteiger partial charge in [-0.2, -0.15) is 0 Å². The molecule has 0 aliphatic rings. The molecule has 0 bridgehead atoms. The fourth-order valence-corrected chi connectivity index (χ4v) is 1.96. The Morgan fingerprint density at radius 2 is 1.89 bits per heavy atom. The Hall–Kier alpha value is -1.05. The second-order valence-electron chi connectivity index (χ2n) is 5.85. The van der Waals surface area contributed by atoms with Crippen molar-refractivity contribution in [2.24, 2.45) is 11.8 Å². The molecule has 0 aliphatic heterocycles. The molecule has 2 heteroatoms. The van der Waals surface area contributed by atoms with Crippen LogP contribution in [0.4, 0.5) is 0 Å². The Labute approximate surface area is 119 Å². The molecule has 19 heavy (non-hydrogen) atoms. The van der Waals surface area contributed by atoms with Crippen LogP contribution in [0.5, 0.6) is 0 Å². The molecule has 110 valence electrons. The highest BCUT2D eigenvalue weighted by atomic mass is 16.1. The maximum atomic E-state index is 11.3. The number of nitrogens with one attached hydrogen (secondary N) is 1. The van der Waals surface area contributed by atoms with Crippen molar-refractivity contribution >= 4 is 5.91 Å². The highest BCUT2D eigenvalue weighted by Crippen LogP contribution is 2.15. The van der Waals surface area contributed by atoms with Gasteiger partial charge in [0, 0.05) is 12.6 Å². The zero-order valence-corrected chi connectivity index (χ0v) is 13.3. The zero-order valence-electron chi connectivity index (χ0n) is 13.3. The van der Waals surface area contributed by atoms with E-state index in [9.17, 15) is 4.79 Å². The predicted octanol–water partition coefficient (Wildman–Crippen LogP) is 4.48. The normalized spacial score (nSPS) is 14.1. The maximum Gasteiger partial charge on any atom is 0.244 e. The second-order valence-corrected chi connectivity index (χ2v) is 5.85. The molecule has 0 fully saturated rings. The molecule has 1 atom stereocenters. The minimum atomic E-state index is -0.00497. The quantitative estimate of drug-likeness (QED) is 0.483. The molecule has 1 N–H and O–H groups in total. The summed E-state index contributed by atoms with van der Waals surface area (Å²) in [5, 5.41) is 2.76. The SMILES string of the molecule is CCNC(=O)/C=C(C)/C=C/CC(C)CCCC(C)C. The molecule has 0 saturated carbocycles. The lowest BCUT2D eigenvalue weighted by Crippen LogP contribution is -2.20. The molecule has 0 aromatic carbocycles. The number of likely N-dealkylation sites (N-methyl/N-ethyl adjacent to an activating group) is 1. The minimum absolute atomic E-state index is 0.00497. The van der Waals surface area contributed by atoms with Gasteiger partial charge in [-0.1, -0.05) is 52.2 Å². The van der Waals surface area contributed by atoms with Crippen molar-refractivity contribution in [3.63, 3.8) is 0 Å². The molecular weight excluding hydrogens is 234 g/mol. The largest absolute Gasteiger partial charge is 0.353 e. The van der Waals surface area contributed by atoms with Crippen LogP contribution in [0.25, 0.3) is 0 Å². The summed E-state index contributed by atoms with van der Waals surface area (Å²) in [5.41, 5.74) is 1.01. The summed E-state index contributed by atoms with van der Waals surface area (Å²) in [4.78, 5) is 11.3. The summed E-state index contributed by atoms with van der Waals surface area (Å²) in [6.45, 7) is 11.4. The molecule has 0 heterocycles. The molecule has 0 aromatic rings. The lowest BCUT2D eigenvalue weighted by Gasteiger charge is -2.09. The van der Waals surface area contributed by atoms with E-state index in [0.717, 1.165) is 23.8 Å². The maximum absolute atomic E-state index is 11.3. The minimum Gasteiger partial charge on any atom is -0.353 e. The number of allylic oxidation sites excluding steroid dienone is 3. The van der Waals surface area contributed by atoms with Crippen molar-refractivity contribution in [3.05, 3.63) is 23.8 Å². The van der Waals surface area contributed by atoms with Crippen LogP contribution in [-0.2, 0) is 4.79 Å². The first-order valence-electron chi connectivity index (χ1n) is 7.58. The Bertz CT molecular complexity index is 302. The van der Waals surface area contributed by atoms with Crippen molar-refractivity contribution in [2.75, 3.05) is 6.54 Å². The van der Waals surface area contributed by atoms with Crippen molar-refractivity contribution in [1.82, 2.24) is 5.32 Å². The average Bonchev–Trinajstić information content (AvgIpc) is 2.28. The van der Waals surface area contributed by atoms with E-state index in [-0.39, 0.29) is 5.91 Å². The van der Waals surface area contributed by atoms with Gasteiger partial charge in [-0.25, -0.2) is 0 Å². The van der Waals surface area contributed by atoms with E-state index in [1.807, 2.05) is 19.9 Å². The first-order valence-corrected chi connectivity index (χ1v) is 7.58. The molecule has 2 nitrogen and oxygen atoms in total. The monoisotopic (exact) mass is 265 g/mol. The van der Waals surface area contributed by atoms with Gasteiger partial charge in [0.1, 0.15) is 0 Å². The van der Waals surface area contributed by atoms with Crippen LogP contribution >= 0.6 is 0 Å². The van der Waals surface area contributed by atoms with Gasteiger partial charge >= 0.3 is 0 Å². The third-order valence-corrected chi connectivity index (χ3v) is 3.11. The third kappa shape index (κ3) is 11.8. The Morgan fingerprint density at radius 1 is 1.21 bits per heavy atom. The summed E-state index contributed by atoms with van der Waals surface area (Å²) in [7, 11) is 0. The number of hydrogen-bond donors (Lipinski definition) is 1. The van der Waals surface area contributed by atoms with Crippen LogP contribution in [0.2, 0.25) is 0 Å². The number of carbonyl (C=O) groups is 1. The standard InChI is InChI=1S/C17H31NO/c1-6-18-17(19)13-16(5)12-8-11-15(4)10-7-9-14(2)3/h8,12-15H,6-7,9-11H2,1-5H3,(H,18,19)/b12-8+,16-13+. The summed E-state index contributed by atoms with van der Waals surface area (Å²) in [6.07, 6.45) is 10.9. The third-order valence-electron chi connectivity index (χ3n) is 3.11. The van der Waals surface area contributed by atoms with Gasteiger partial charge < -0.3 is 5.32 Å². The van der Waals surface area contributed by atoms with Crippen LogP contribution in [0.1, 0.15) is 60.3 Å². The lowest BCUT2D eigenvalue weighted by molar-refractivity contribution is -0.116. The summed E-state index contributed by atoms with van der Waals surface area (Å²) in [6, 6.07) is 0. The van der Waals surface area contributed by atoms with Crippen LogP contribution in [0.3, 0.4) is 0 Å². The molecule has 0 radical (unpaired) electrons. The zero-order chi connectivity index (χ0) is 14.7. The second kappa shape index (κ2) is 10.8. The van der Waals surface area contributed by atoms with Gasteiger partial charge in [-0.3, -0.25) is 4.79 Å². The first-order chi connectivity index (χ1) is 8.95. The van der Waals surface area contributed by atoms with E-state index in [2.05, 4.69) is 32.2 Å². The Balaban J connectivity index is 3.90. The lowest BCUT2D eigenvalue weighted by atomic mass is 9.97. The Morgan fingerprint density at radius 3 is 2.47 bits per heavy atom. The van der Waals surface area contributed by atoms with Crippen LogP contribution in [-0.4, -0.2) is 12.5 Å². The topological polar surface area (TPSA) is 29.1 Å². The van der Waals surface area contributed by atoms with Crippen LogP contribution in [0, 0.1) is 11.8 Å². The molecule has 0 aliphatic carbocycles. The summed E-state index contributed by atoms with van der Waals surface area (Å²) >= 11 is 0. The molecule has 1 unspecified atom stereocenters. The smallest absolute Gasteiger partial charge is 0.244 e. The number of amides is 1. The highest BCUT2D eigenvalue weighted by Gasteiger charge is 2.01. The summed E-state index contributed by atoms with van der Waals surface area (Å²) in [5.74, 6) is 1.53. The molecule has 0 spiro atoms. The van der Waals surface area contributed by atoms with Crippen LogP contribution in [0.15, 0.2) is 23.8 Å². The summed E-state index contributed by atoms with van der Waals surface area (Å²) < 4.78 is 0. The fourth-order valence-electron chi connectivity index (χ4n) is 1.96. The predicted molar refractivity (Wildman–Crippen MR) is 84.1 cm³/mol. The van der Waals surface area contributed by atoms with E-state index in [1.165, 1.54) is 19.3 Å². The fraction of sp³-hybridized carbons (Fsp3) is 0.706. The van der Waals surface area contributed by atoms with E-state index in [4.69, 9.17) is 0 Å². The van der Waals surface area contributed by atoms with Gasteiger partial charge in [-0.05, 0) is 37.7 Å². The molecule has 0 aromatic heterocycles. The van der Waals surface area contributed by atoms with E-state index < -0.39 is 0 Å². The van der Waals surface area contributed by atoms with Gasteiger partial charge in [0.2, 0.25) is 5.91 Å². The van der Waals surface area contributed by atoms with Gasteiger partial charge in [0.05, 0.1) is 0 Å². The van der Waals surface area contributed by atoms with Gasteiger partial charge in [0.25, 0.3) is 0 Å². The number of rotatable bonds is 9. The number of hydrogen-bond acceptors (Lipinski definition) is 1. The van der Waals surface area contributed by atoms with Crippen molar-refractivity contribution in [1.29, 1.82) is 0 Å². The van der Waals surface area contributed by atoms with Crippen LogP contribution < -0.4 is 5.32 Å². The van der Waals surface area contributed by atoms with Crippen molar-refractivity contribution in [2.45, 2.75) is 60.3 Å². The van der Waals surface area contributed by atoms with Crippen molar-refractivity contribution < 1.29 is 4.79 Å². The molecule has 1 amide bonds. The first kappa shape index (κ1) is 17.9.